The fourth-order valence-electron chi connectivity index (χ4n) is 1.81. The average Bonchev–Trinajstić information content (AvgIpc) is 3.00. The quantitative estimate of drug-likeness (QED) is 0.744. The third kappa shape index (κ3) is 3.28. The number of nitrogens with zero attached hydrogens (tertiary/aromatic N) is 1. The molecule has 1 aliphatic rings. The highest BCUT2D eigenvalue weighted by Gasteiger charge is 2.28. The van der Waals surface area contributed by atoms with E-state index in [4.69, 9.17) is 0 Å². The molecule has 0 aliphatic heterocycles. The van der Waals surface area contributed by atoms with Crippen LogP contribution in [-0.2, 0) is 6.54 Å². The van der Waals surface area contributed by atoms with E-state index < -0.39 is 0 Å². The molecule has 0 unspecified atom stereocenters. The van der Waals surface area contributed by atoms with Crippen LogP contribution >= 0.6 is 15.9 Å². The summed E-state index contributed by atoms with van der Waals surface area (Å²) >= 11 is 3.46. The van der Waals surface area contributed by atoms with Crippen molar-refractivity contribution in [2.45, 2.75) is 25.4 Å². The summed E-state index contributed by atoms with van der Waals surface area (Å²) in [7, 11) is 0. The van der Waals surface area contributed by atoms with E-state index in [1.807, 2.05) is 6.07 Å². The Morgan fingerprint density at radius 2 is 2.20 bits per heavy atom. The molecule has 15 heavy (non-hydrogen) atoms. The lowest BCUT2D eigenvalue weighted by Gasteiger charge is -2.20. The van der Waals surface area contributed by atoms with Crippen LogP contribution in [0.2, 0.25) is 0 Å². The van der Waals surface area contributed by atoms with Gasteiger partial charge in [-0.3, -0.25) is 4.90 Å². The number of halogens is 2. The zero-order valence-electron chi connectivity index (χ0n) is 8.63. The molecule has 0 spiro atoms. The van der Waals surface area contributed by atoms with Crippen LogP contribution in [-0.4, -0.2) is 22.8 Å². The Labute approximate surface area is 98.4 Å². The predicted octanol–water partition coefficient (Wildman–Crippen LogP) is 3.19. The van der Waals surface area contributed by atoms with E-state index in [1.165, 1.54) is 18.9 Å². The molecule has 0 N–H and O–H groups in total. The van der Waals surface area contributed by atoms with Crippen LogP contribution in [0.1, 0.15) is 18.4 Å². The Morgan fingerprint density at radius 1 is 1.40 bits per heavy atom. The number of rotatable bonds is 5. The zero-order valence-corrected chi connectivity index (χ0v) is 10.2. The van der Waals surface area contributed by atoms with Crippen molar-refractivity contribution in [2.75, 3.05) is 11.9 Å². The number of benzene rings is 1. The lowest BCUT2D eigenvalue weighted by Crippen LogP contribution is -2.27. The van der Waals surface area contributed by atoms with Crippen LogP contribution in [0, 0.1) is 5.82 Å². The molecule has 1 aliphatic carbocycles. The summed E-state index contributed by atoms with van der Waals surface area (Å²) < 4.78 is 13.0. The Morgan fingerprint density at radius 3 is 2.80 bits per heavy atom. The molecule has 0 aromatic heterocycles. The van der Waals surface area contributed by atoms with E-state index in [2.05, 4.69) is 20.8 Å². The first-order chi connectivity index (χ1) is 7.29. The first-order valence-corrected chi connectivity index (χ1v) is 6.46. The summed E-state index contributed by atoms with van der Waals surface area (Å²) in [6, 6.07) is 7.63. The standard InChI is InChI=1S/C12H15BrFN/c13-6-7-15(12-4-5-12)9-10-2-1-3-11(14)8-10/h1-3,8,12H,4-7,9H2. The van der Waals surface area contributed by atoms with Crippen molar-refractivity contribution in [1.29, 1.82) is 0 Å². The Balaban J connectivity index is 1.98. The molecule has 0 amide bonds. The third-order valence-corrected chi connectivity index (χ3v) is 3.06. The fourth-order valence-corrected chi connectivity index (χ4v) is 2.26. The fraction of sp³-hybridized carbons (Fsp3) is 0.500. The number of alkyl halides is 1. The lowest BCUT2D eigenvalue weighted by molar-refractivity contribution is 0.272. The van der Waals surface area contributed by atoms with Gasteiger partial charge in [0.1, 0.15) is 5.82 Å². The first kappa shape index (κ1) is 11.1. The van der Waals surface area contributed by atoms with E-state index >= 15 is 0 Å². The lowest BCUT2D eigenvalue weighted by atomic mass is 10.2. The third-order valence-electron chi connectivity index (χ3n) is 2.71. The van der Waals surface area contributed by atoms with Crippen molar-refractivity contribution >= 4 is 15.9 Å². The van der Waals surface area contributed by atoms with Crippen molar-refractivity contribution in [2.24, 2.45) is 0 Å². The Hall–Kier alpha value is -0.410. The molecule has 82 valence electrons. The molecule has 1 saturated carbocycles. The molecule has 3 heteroatoms. The van der Waals surface area contributed by atoms with Gasteiger partial charge < -0.3 is 0 Å². The molecule has 0 atom stereocenters. The van der Waals surface area contributed by atoms with Gasteiger partial charge in [0.2, 0.25) is 0 Å². The maximum absolute atomic E-state index is 13.0. The molecule has 0 bridgehead atoms. The van der Waals surface area contributed by atoms with E-state index in [9.17, 15) is 4.39 Å². The number of hydrogen-bond donors (Lipinski definition) is 0. The minimum absolute atomic E-state index is 0.137. The number of hydrogen-bond acceptors (Lipinski definition) is 1. The second-order valence-electron chi connectivity index (χ2n) is 4.02. The summed E-state index contributed by atoms with van der Waals surface area (Å²) in [6.07, 6.45) is 2.59. The second-order valence-corrected chi connectivity index (χ2v) is 4.81. The summed E-state index contributed by atoms with van der Waals surface area (Å²) in [6.45, 7) is 1.91. The highest BCUT2D eigenvalue weighted by atomic mass is 79.9. The van der Waals surface area contributed by atoms with Gasteiger partial charge in [-0.1, -0.05) is 28.1 Å². The van der Waals surface area contributed by atoms with Crippen molar-refractivity contribution < 1.29 is 4.39 Å². The van der Waals surface area contributed by atoms with Crippen LogP contribution in [0.5, 0.6) is 0 Å². The second kappa shape index (κ2) is 5.08. The topological polar surface area (TPSA) is 3.24 Å². The molecule has 1 aromatic carbocycles. The Bertz CT molecular complexity index is 325. The summed E-state index contributed by atoms with van der Waals surface area (Å²) in [5.41, 5.74) is 1.07. The van der Waals surface area contributed by atoms with Gasteiger partial charge in [-0.15, -0.1) is 0 Å². The van der Waals surface area contributed by atoms with E-state index in [0.717, 1.165) is 30.0 Å². The van der Waals surface area contributed by atoms with Crippen LogP contribution < -0.4 is 0 Å². The maximum atomic E-state index is 13.0. The summed E-state index contributed by atoms with van der Waals surface area (Å²) in [5.74, 6) is -0.137. The zero-order chi connectivity index (χ0) is 10.7. The van der Waals surface area contributed by atoms with Gasteiger partial charge in [0.05, 0.1) is 0 Å². The van der Waals surface area contributed by atoms with Gasteiger partial charge in [-0.2, -0.15) is 0 Å². The normalized spacial score (nSPS) is 15.9. The van der Waals surface area contributed by atoms with Crippen molar-refractivity contribution in [1.82, 2.24) is 4.90 Å². The Kier molecular flexibility index (Phi) is 3.76. The van der Waals surface area contributed by atoms with Crippen molar-refractivity contribution in [3.63, 3.8) is 0 Å². The summed E-state index contributed by atoms with van der Waals surface area (Å²) in [5, 5.41) is 0.985. The SMILES string of the molecule is Fc1cccc(CN(CCBr)C2CC2)c1. The van der Waals surface area contributed by atoms with Crippen molar-refractivity contribution in [3.05, 3.63) is 35.6 Å². The molecular formula is C12H15BrFN. The molecule has 1 aromatic rings. The van der Waals surface area contributed by atoms with Crippen LogP contribution in [0.4, 0.5) is 4.39 Å². The average molecular weight is 272 g/mol. The van der Waals surface area contributed by atoms with Gasteiger partial charge in [0.25, 0.3) is 0 Å². The smallest absolute Gasteiger partial charge is 0.123 e. The molecule has 2 rings (SSSR count). The van der Waals surface area contributed by atoms with Gasteiger partial charge in [-0.05, 0) is 30.5 Å². The molecular weight excluding hydrogens is 257 g/mol. The first-order valence-electron chi connectivity index (χ1n) is 5.34. The van der Waals surface area contributed by atoms with Crippen LogP contribution in [0.3, 0.4) is 0 Å². The van der Waals surface area contributed by atoms with Gasteiger partial charge >= 0.3 is 0 Å². The van der Waals surface area contributed by atoms with Gasteiger partial charge in [0, 0.05) is 24.5 Å². The minimum Gasteiger partial charge on any atom is -0.295 e. The van der Waals surface area contributed by atoms with E-state index in [1.54, 1.807) is 12.1 Å². The van der Waals surface area contributed by atoms with E-state index in [0.29, 0.717) is 0 Å². The molecule has 1 nitrogen and oxygen atoms in total. The van der Waals surface area contributed by atoms with E-state index in [-0.39, 0.29) is 5.82 Å². The van der Waals surface area contributed by atoms with Crippen molar-refractivity contribution in [3.8, 4) is 0 Å². The van der Waals surface area contributed by atoms with Crippen LogP contribution in [0.15, 0.2) is 24.3 Å². The minimum atomic E-state index is -0.137. The van der Waals surface area contributed by atoms with Gasteiger partial charge in [0.15, 0.2) is 0 Å². The monoisotopic (exact) mass is 271 g/mol. The highest BCUT2D eigenvalue weighted by Crippen LogP contribution is 2.28. The molecule has 0 heterocycles. The molecule has 0 saturated heterocycles. The summed E-state index contributed by atoms with van der Waals surface area (Å²) in [4.78, 5) is 2.42. The largest absolute Gasteiger partial charge is 0.295 e. The molecule has 1 fully saturated rings. The van der Waals surface area contributed by atoms with Gasteiger partial charge in [-0.25, -0.2) is 4.39 Å². The molecule has 0 radical (unpaired) electrons. The maximum Gasteiger partial charge on any atom is 0.123 e. The highest BCUT2D eigenvalue weighted by molar-refractivity contribution is 9.09. The predicted molar refractivity (Wildman–Crippen MR) is 63.6 cm³/mol. The van der Waals surface area contributed by atoms with Crippen LogP contribution in [0.25, 0.3) is 0 Å².